The van der Waals surface area contributed by atoms with Crippen LogP contribution < -0.4 is 5.32 Å². The Bertz CT molecular complexity index is 582. The third kappa shape index (κ3) is 3.51. The molecule has 0 saturated heterocycles. The van der Waals surface area contributed by atoms with Gasteiger partial charge >= 0.3 is 0 Å². The van der Waals surface area contributed by atoms with Crippen LogP contribution >= 0.6 is 34.2 Å². The molecule has 1 unspecified atom stereocenters. The molecule has 108 valence electrons. The van der Waals surface area contributed by atoms with Crippen LogP contribution in [-0.4, -0.2) is 21.8 Å². The molecule has 2 rings (SSSR count). The lowest BCUT2D eigenvalue weighted by Crippen LogP contribution is -2.22. The number of halogens is 2. The molecule has 1 N–H and O–H groups in total. The van der Waals surface area contributed by atoms with Gasteiger partial charge in [-0.15, -0.1) is 0 Å². The molecule has 0 fully saturated rings. The van der Waals surface area contributed by atoms with Crippen molar-refractivity contribution in [3.8, 4) is 0 Å². The first-order valence-electron chi connectivity index (χ1n) is 6.53. The monoisotopic (exact) mass is 404 g/mol. The molecule has 0 bridgehead atoms. The van der Waals surface area contributed by atoms with Crippen molar-refractivity contribution in [3.63, 3.8) is 0 Å². The summed E-state index contributed by atoms with van der Waals surface area (Å²) in [6.45, 7) is 4.21. The Morgan fingerprint density at radius 2 is 2.15 bits per heavy atom. The fourth-order valence-corrected chi connectivity index (χ4v) is 3.08. The number of hydrogen-bond acceptors (Lipinski definition) is 3. The number of nitrogens with zero attached hydrogens (tertiary/aromatic N) is 3. The highest BCUT2D eigenvalue weighted by molar-refractivity contribution is 14.1. The Labute approximate surface area is 138 Å². The molecule has 0 saturated carbocycles. The number of benzene rings is 1. The van der Waals surface area contributed by atoms with Gasteiger partial charge < -0.3 is 5.32 Å². The molecule has 0 aliphatic rings. The van der Waals surface area contributed by atoms with E-state index in [-0.39, 0.29) is 6.04 Å². The van der Waals surface area contributed by atoms with Gasteiger partial charge in [0.25, 0.3) is 0 Å². The van der Waals surface area contributed by atoms with Gasteiger partial charge in [0.2, 0.25) is 0 Å². The predicted molar refractivity (Wildman–Crippen MR) is 90.1 cm³/mol. The van der Waals surface area contributed by atoms with Gasteiger partial charge in [0, 0.05) is 27.1 Å². The van der Waals surface area contributed by atoms with Crippen molar-refractivity contribution in [2.75, 3.05) is 7.05 Å². The molecule has 20 heavy (non-hydrogen) atoms. The average molecular weight is 405 g/mol. The van der Waals surface area contributed by atoms with Gasteiger partial charge in [-0.1, -0.05) is 11.6 Å². The molecule has 0 radical (unpaired) electrons. The Kier molecular flexibility index (Phi) is 5.40. The second-order valence-electron chi connectivity index (χ2n) is 4.93. The van der Waals surface area contributed by atoms with Crippen molar-refractivity contribution in [2.45, 2.75) is 32.4 Å². The summed E-state index contributed by atoms with van der Waals surface area (Å²) in [6, 6.07) is 6.44. The number of rotatable bonds is 5. The summed E-state index contributed by atoms with van der Waals surface area (Å²) in [5.74, 6) is 0.982. The summed E-state index contributed by atoms with van der Waals surface area (Å²) in [5, 5.41) is 8.39. The van der Waals surface area contributed by atoms with Crippen LogP contribution in [0.3, 0.4) is 0 Å². The van der Waals surface area contributed by atoms with Crippen LogP contribution in [0.2, 0.25) is 5.02 Å². The number of nitrogens with one attached hydrogen (secondary N) is 1. The molecule has 1 heterocycles. The van der Waals surface area contributed by atoms with Gasteiger partial charge in [0.05, 0.1) is 0 Å². The van der Waals surface area contributed by atoms with Crippen LogP contribution in [0.25, 0.3) is 0 Å². The first kappa shape index (κ1) is 15.7. The zero-order chi connectivity index (χ0) is 14.7. The molecule has 6 heteroatoms. The van der Waals surface area contributed by atoms with Gasteiger partial charge in [-0.2, -0.15) is 5.10 Å². The maximum atomic E-state index is 6.12. The molecular weight excluding hydrogens is 387 g/mol. The van der Waals surface area contributed by atoms with E-state index in [9.17, 15) is 0 Å². The number of aromatic nitrogens is 3. The zero-order valence-electron chi connectivity index (χ0n) is 11.8. The van der Waals surface area contributed by atoms with E-state index in [0.717, 1.165) is 17.3 Å². The minimum absolute atomic E-state index is 0.169. The smallest absolute Gasteiger partial charge is 0.138 e. The molecule has 1 atom stereocenters. The topological polar surface area (TPSA) is 42.7 Å². The van der Waals surface area contributed by atoms with E-state index in [4.69, 9.17) is 11.6 Å². The van der Waals surface area contributed by atoms with Gasteiger partial charge in [0.15, 0.2) is 0 Å². The third-order valence-corrected chi connectivity index (χ3v) is 4.42. The van der Waals surface area contributed by atoms with E-state index in [0.29, 0.717) is 6.04 Å². The maximum Gasteiger partial charge on any atom is 0.138 e. The largest absolute Gasteiger partial charge is 0.313 e. The van der Waals surface area contributed by atoms with Crippen molar-refractivity contribution in [1.82, 2.24) is 20.1 Å². The van der Waals surface area contributed by atoms with Gasteiger partial charge in [-0.3, -0.25) is 0 Å². The second-order valence-corrected chi connectivity index (χ2v) is 6.52. The van der Waals surface area contributed by atoms with Crippen LogP contribution in [0.1, 0.15) is 37.3 Å². The number of likely N-dealkylation sites (N-methyl/N-ethyl adjacent to an activating group) is 1. The Morgan fingerprint density at radius 3 is 2.80 bits per heavy atom. The number of hydrogen-bond donors (Lipinski definition) is 1. The van der Waals surface area contributed by atoms with E-state index in [2.05, 4.69) is 51.8 Å². The fraction of sp³-hybridized carbons (Fsp3) is 0.429. The molecule has 0 aliphatic carbocycles. The molecule has 4 nitrogen and oxygen atoms in total. The Hall–Kier alpha value is -0.660. The standard InChI is InChI=1S/C14H18ClIN4/c1-9(2)20-14(18-8-19-20)7-13(17-3)11-6-10(15)4-5-12(11)16/h4-6,8-9,13,17H,7H2,1-3H3. The summed E-state index contributed by atoms with van der Waals surface area (Å²) in [5.41, 5.74) is 1.19. The highest BCUT2D eigenvalue weighted by Gasteiger charge is 2.18. The first-order valence-corrected chi connectivity index (χ1v) is 7.99. The third-order valence-electron chi connectivity index (χ3n) is 3.21. The van der Waals surface area contributed by atoms with Gasteiger partial charge in [-0.05, 0) is 67.2 Å². The summed E-state index contributed by atoms with van der Waals surface area (Å²) in [4.78, 5) is 4.38. The van der Waals surface area contributed by atoms with Crippen LogP contribution in [0, 0.1) is 3.57 Å². The second kappa shape index (κ2) is 6.87. The summed E-state index contributed by atoms with van der Waals surface area (Å²) in [6.07, 6.45) is 2.40. The van der Waals surface area contributed by atoms with Crippen molar-refractivity contribution >= 4 is 34.2 Å². The van der Waals surface area contributed by atoms with Crippen LogP contribution in [0.4, 0.5) is 0 Å². The molecule has 0 aliphatic heterocycles. The van der Waals surface area contributed by atoms with Crippen molar-refractivity contribution < 1.29 is 0 Å². The molecule has 0 amide bonds. The summed E-state index contributed by atoms with van der Waals surface area (Å²) in [7, 11) is 1.96. The van der Waals surface area contributed by atoms with Crippen LogP contribution in [-0.2, 0) is 6.42 Å². The quantitative estimate of drug-likeness (QED) is 0.774. The van der Waals surface area contributed by atoms with Crippen molar-refractivity contribution in [1.29, 1.82) is 0 Å². The lowest BCUT2D eigenvalue weighted by Gasteiger charge is -2.19. The van der Waals surface area contributed by atoms with E-state index in [1.54, 1.807) is 6.33 Å². The first-order chi connectivity index (χ1) is 9.52. The normalized spacial score (nSPS) is 12.9. The van der Waals surface area contributed by atoms with E-state index in [1.807, 2.05) is 29.9 Å². The molecule has 1 aromatic heterocycles. The van der Waals surface area contributed by atoms with E-state index >= 15 is 0 Å². The van der Waals surface area contributed by atoms with E-state index < -0.39 is 0 Å². The SMILES string of the molecule is CNC(Cc1ncnn1C(C)C)c1cc(Cl)ccc1I. The Morgan fingerprint density at radius 1 is 1.40 bits per heavy atom. The summed E-state index contributed by atoms with van der Waals surface area (Å²) >= 11 is 8.45. The Balaban J connectivity index is 2.29. The minimum atomic E-state index is 0.169. The van der Waals surface area contributed by atoms with Crippen molar-refractivity contribution in [3.05, 3.63) is 44.5 Å². The molecule has 0 spiro atoms. The van der Waals surface area contributed by atoms with Crippen LogP contribution in [0.15, 0.2) is 24.5 Å². The molecular formula is C14H18ClIN4. The lowest BCUT2D eigenvalue weighted by molar-refractivity contribution is 0.477. The molecule has 1 aromatic carbocycles. The van der Waals surface area contributed by atoms with Crippen molar-refractivity contribution in [2.24, 2.45) is 0 Å². The van der Waals surface area contributed by atoms with Gasteiger partial charge in [0.1, 0.15) is 12.2 Å². The minimum Gasteiger partial charge on any atom is -0.313 e. The lowest BCUT2D eigenvalue weighted by atomic mass is 10.0. The zero-order valence-corrected chi connectivity index (χ0v) is 14.7. The maximum absolute atomic E-state index is 6.12. The average Bonchev–Trinajstić information content (AvgIpc) is 2.87. The molecule has 2 aromatic rings. The highest BCUT2D eigenvalue weighted by Crippen LogP contribution is 2.26. The highest BCUT2D eigenvalue weighted by atomic mass is 127. The van der Waals surface area contributed by atoms with E-state index in [1.165, 1.54) is 9.13 Å². The predicted octanol–water partition coefficient (Wildman–Crippen LogP) is 3.62. The van der Waals surface area contributed by atoms with Crippen LogP contribution in [0.5, 0.6) is 0 Å². The fourth-order valence-electron chi connectivity index (χ4n) is 2.18. The van der Waals surface area contributed by atoms with Gasteiger partial charge in [-0.25, -0.2) is 9.67 Å². The summed E-state index contributed by atoms with van der Waals surface area (Å²) < 4.78 is 3.16.